The Hall–Kier alpha value is -1.08. The van der Waals surface area contributed by atoms with Crippen LogP contribution in [0.25, 0.3) is 0 Å². The van der Waals surface area contributed by atoms with E-state index in [0.29, 0.717) is 17.5 Å². The molecular formula is C13H13ClFN3OS. The van der Waals surface area contributed by atoms with Crippen molar-refractivity contribution in [2.24, 2.45) is 0 Å². The Kier molecular flexibility index (Phi) is 4.26. The molecule has 1 aromatic carbocycles. The van der Waals surface area contributed by atoms with Crippen LogP contribution in [0.2, 0.25) is 4.34 Å². The maximum Gasteiger partial charge on any atom is 0.138 e. The second-order valence-corrected chi connectivity index (χ2v) is 6.00. The third-order valence-electron chi connectivity index (χ3n) is 3.28. The maximum atomic E-state index is 12.9. The molecule has 20 heavy (non-hydrogen) atoms. The number of hydrogen-bond acceptors (Lipinski definition) is 5. The van der Waals surface area contributed by atoms with E-state index in [1.165, 1.54) is 23.7 Å². The molecule has 4 nitrogen and oxygen atoms in total. The van der Waals surface area contributed by atoms with Gasteiger partial charge < -0.3 is 4.74 Å². The second kappa shape index (κ2) is 6.13. The molecule has 0 saturated carbocycles. The van der Waals surface area contributed by atoms with Crippen LogP contribution in [0.3, 0.4) is 0 Å². The molecule has 1 fully saturated rings. The van der Waals surface area contributed by atoms with Crippen LogP contribution in [-0.2, 0) is 11.3 Å². The largest absolute Gasteiger partial charge is 0.371 e. The lowest BCUT2D eigenvalue weighted by atomic mass is 10.1. The van der Waals surface area contributed by atoms with E-state index >= 15 is 0 Å². The monoisotopic (exact) mass is 313 g/mol. The van der Waals surface area contributed by atoms with Crippen molar-refractivity contribution in [3.8, 4) is 0 Å². The minimum absolute atomic E-state index is 0.0466. The molecule has 1 aliphatic rings. The van der Waals surface area contributed by atoms with Crippen molar-refractivity contribution >= 4 is 23.1 Å². The summed E-state index contributed by atoms with van der Waals surface area (Å²) in [6.07, 6.45) is -0.0466. The normalized spacial score (nSPS) is 20.2. The lowest BCUT2D eigenvalue weighted by molar-refractivity contribution is -0.0333. The van der Waals surface area contributed by atoms with E-state index in [1.807, 2.05) is 0 Å². The van der Waals surface area contributed by atoms with Crippen LogP contribution in [0.1, 0.15) is 17.4 Å². The summed E-state index contributed by atoms with van der Waals surface area (Å²) >= 11 is 7.22. The lowest BCUT2D eigenvalue weighted by Gasteiger charge is -2.32. The standard InChI is InChI=1S/C13H13ClFN3OS/c14-13-11(16-17-20-13)7-18-5-6-19-12(8-18)9-1-3-10(15)4-2-9/h1-4,12H,5-8H2. The molecule has 0 spiro atoms. The first-order valence-electron chi connectivity index (χ1n) is 6.28. The van der Waals surface area contributed by atoms with Crippen LogP contribution < -0.4 is 0 Å². The summed E-state index contributed by atoms with van der Waals surface area (Å²) in [4.78, 5) is 2.22. The minimum Gasteiger partial charge on any atom is -0.371 e. The summed E-state index contributed by atoms with van der Waals surface area (Å²) in [5, 5.41) is 4.02. The van der Waals surface area contributed by atoms with E-state index in [1.54, 1.807) is 12.1 Å². The third-order valence-corrected chi connectivity index (χ3v) is 4.26. The first-order valence-corrected chi connectivity index (χ1v) is 7.43. The predicted molar refractivity (Wildman–Crippen MR) is 75.3 cm³/mol. The first kappa shape index (κ1) is 13.9. The summed E-state index contributed by atoms with van der Waals surface area (Å²) in [5.74, 6) is -0.234. The average Bonchev–Trinajstić information content (AvgIpc) is 2.85. The fourth-order valence-corrected chi connectivity index (χ4v) is 2.84. The Morgan fingerprint density at radius 2 is 2.20 bits per heavy atom. The molecule has 0 radical (unpaired) electrons. The molecule has 0 amide bonds. The number of halogens is 2. The molecule has 0 bridgehead atoms. The lowest BCUT2D eigenvalue weighted by Crippen LogP contribution is -2.37. The Morgan fingerprint density at radius 1 is 1.40 bits per heavy atom. The molecule has 0 aliphatic carbocycles. The van der Waals surface area contributed by atoms with E-state index in [0.717, 1.165) is 24.3 Å². The molecule has 0 N–H and O–H groups in total. The van der Waals surface area contributed by atoms with Crippen LogP contribution in [0.15, 0.2) is 24.3 Å². The zero-order valence-electron chi connectivity index (χ0n) is 10.6. The van der Waals surface area contributed by atoms with E-state index in [-0.39, 0.29) is 11.9 Å². The summed E-state index contributed by atoms with van der Waals surface area (Å²) in [6, 6.07) is 6.44. The van der Waals surface area contributed by atoms with Crippen molar-refractivity contribution in [2.75, 3.05) is 19.7 Å². The minimum atomic E-state index is -0.234. The average molecular weight is 314 g/mol. The van der Waals surface area contributed by atoms with Crippen LogP contribution in [0.4, 0.5) is 4.39 Å². The Balaban J connectivity index is 1.67. The van der Waals surface area contributed by atoms with Crippen molar-refractivity contribution in [3.05, 3.63) is 45.7 Å². The molecule has 106 valence electrons. The number of aromatic nitrogens is 2. The van der Waals surface area contributed by atoms with Crippen LogP contribution in [0.5, 0.6) is 0 Å². The van der Waals surface area contributed by atoms with Crippen LogP contribution in [-0.4, -0.2) is 34.2 Å². The van der Waals surface area contributed by atoms with E-state index in [4.69, 9.17) is 16.3 Å². The van der Waals surface area contributed by atoms with Gasteiger partial charge in [-0.3, -0.25) is 4.90 Å². The van der Waals surface area contributed by atoms with Gasteiger partial charge in [-0.25, -0.2) is 4.39 Å². The van der Waals surface area contributed by atoms with Gasteiger partial charge in [-0.2, -0.15) is 0 Å². The van der Waals surface area contributed by atoms with Crippen molar-refractivity contribution in [1.29, 1.82) is 0 Å². The summed E-state index contributed by atoms with van der Waals surface area (Å²) in [7, 11) is 0. The Labute approximate surface area is 125 Å². The van der Waals surface area contributed by atoms with Gasteiger partial charge in [-0.15, -0.1) is 5.10 Å². The number of morpholine rings is 1. The number of benzene rings is 1. The summed E-state index contributed by atoms with van der Waals surface area (Å²) in [6.45, 7) is 2.86. The molecule has 1 saturated heterocycles. The molecular weight excluding hydrogens is 301 g/mol. The van der Waals surface area contributed by atoms with Gasteiger partial charge in [0.2, 0.25) is 0 Å². The zero-order chi connectivity index (χ0) is 13.9. The quantitative estimate of drug-likeness (QED) is 0.873. The van der Waals surface area contributed by atoms with Gasteiger partial charge >= 0.3 is 0 Å². The molecule has 3 rings (SSSR count). The molecule has 2 heterocycles. The van der Waals surface area contributed by atoms with E-state index in [9.17, 15) is 4.39 Å². The van der Waals surface area contributed by atoms with Crippen molar-refractivity contribution in [2.45, 2.75) is 12.6 Å². The summed E-state index contributed by atoms with van der Waals surface area (Å²) in [5.41, 5.74) is 1.79. The van der Waals surface area contributed by atoms with Crippen LogP contribution >= 0.6 is 23.1 Å². The highest BCUT2D eigenvalue weighted by atomic mass is 35.5. The maximum absolute atomic E-state index is 12.9. The van der Waals surface area contributed by atoms with Gasteiger partial charge in [0, 0.05) is 31.2 Å². The predicted octanol–water partition coefficient (Wildman–Crippen LogP) is 2.90. The van der Waals surface area contributed by atoms with Crippen molar-refractivity contribution in [3.63, 3.8) is 0 Å². The molecule has 2 aromatic rings. The van der Waals surface area contributed by atoms with Crippen molar-refractivity contribution < 1.29 is 9.13 Å². The fraction of sp³-hybridized carbons (Fsp3) is 0.385. The van der Waals surface area contributed by atoms with Crippen molar-refractivity contribution in [1.82, 2.24) is 14.5 Å². The van der Waals surface area contributed by atoms with Gasteiger partial charge in [0.25, 0.3) is 0 Å². The number of nitrogens with zero attached hydrogens (tertiary/aromatic N) is 3. The summed E-state index contributed by atoms with van der Waals surface area (Å²) < 4.78 is 23.2. The second-order valence-electron chi connectivity index (χ2n) is 4.64. The Bertz CT molecular complexity index is 577. The molecule has 7 heteroatoms. The van der Waals surface area contributed by atoms with Gasteiger partial charge in [0.15, 0.2) is 0 Å². The molecule has 1 unspecified atom stereocenters. The van der Waals surface area contributed by atoms with Gasteiger partial charge in [-0.1, -0.05) is 28.2 Å². The smallest absolute Gasteiger partial charge is 0.138 e. The molecule has 1 atom stereocenters. The Morgan fingerprint density at radius 3 is 2.90 bits per heavy atom. The SMILES string of the molecule is Fc1ccc(C2CN(Cc3nnsc3Cl)CCO2)cc1. The van der Waals surface area contributed by atoms with E-state index < -0.39 is 0 Å². The zero-order valence-corrected chi connectivity index (χ0v) is 12.2. The third kappa shape index (κ3) is 3.15. The number of rotatable bonds is 3. The topological polar surface area (TPSA) is 38.2 Å². The number of ether oxygens (including phenoxy) is 1. The molecule has 1 aliphatic heterocycles. The fourth-order valence-electron chi connectivity index (χ4n) is 2.23. The van der Waals surface area contributed by atoms with Gasteiger partial charge in [0.05, 0.1) is 12.7 Å². The highest BCUT2D eigenvalue weighted by molar-refractivity contribution is 7.10. The van der Waals surface area contributed by atoms with Gasteiger partial charge in [-0.05, 0) is 17.7 Å². The highest BCUT2D eigenvalue weighted by Crippen LogP contribution is 2.25. The molecule has 1 aromatic heterocycles. The first-order chi connectivity index (χ1) is 9.72. The van der Waals surface area contributed by atoms with Gasteiger partial charge in [0.1, 0.15) is 15.8 Å². The highest BCUT2D eigenvalue weighted by Gasteiger charge is 2.23. The van der Waals surface area contributed by atoms with Crippen LogP contribution in [0, 0.1) is 5.82 Å². The number of hydrogen-bond donors (Lipinski definition) is 0. The van der Waals surface area contributed by atoms with E-state index in [2.05, 4.69) is 14.5 Å².